The van der Waals surface area contributed by atoms with Gasteiger partial charge in [-0.25, -0.2) is 0 Å². The highest BCUT2D eigenvalue weighted by molar-refractivity contribution is 9.10. The van der Waals surface area contributed by atoms with Gasteiger partial charge in [-0.3, -0.25) is 14.8 Å². The van der Waals surface area contributed by atoms with E-state index >= 15 is 0 Å². The highest BCUT2D eigenvalue weighted by atomic mass is 79.9. The number of carbonyl (C=O) groups is 1. The Bertz CT molecular complexity index is 839. The van der Waals surface area contributed by atoms with Crippen molar-refractivity contribution in [1.82, 2.24) is 15.3 Å². The molecule has 6 heteroatoms. The van der Waals surface area contributed by atoms with Gasteiger partial charge in [-0.05, 0) is 40.0 Å². The molecule has 0 saturated carbocycles. The summed E-state index contributed by atoms with van der Waals surface area (Å²) in [6.45, 7) is 0.818. The molecule has 0 spiro atoms. The number of carbonyl (C=O) groups excluding carboxylic acids is 1. The van der Waals surface area contributed by atoms with E-state index in [4.69, 9.17) is 0 Å². The van der Waals surface area contributed by atoms with Crippen LogP contribution in [0.5, 0.6) is 0 Å². The molecular formula is C18H17BrN4O. The third kappa shape index (κ3) is 4.29. The molecule has 5 nitrogen and oxygen atoms in total. The van der Waals surface area contributed by atoms with Crippen LogP contribution in [0.1, 0.15) is 5.56 Å². The van der Waals surface area contributed by atoms with E-state index in [1.54, 1.807) is 12.4 Å². The fraction of sp³-hybridized carbons (Fsp3) is 0.167. The first kappa shape index (κ1) is 16.4. The average Bonchev–Trinajstić information content (AvgIpc) is 2.60. The fourth-order valence-electron chi connectivity index (χ4n) is 2.38. The lowest BCUT2D eigenvalue weighted by Crippen LogP contribution is -2.31. The molecule has 0 bridgehead atoms. The second-order valence-corrected chi connectivity index (χ2v) is 6.23. The highest BCUT2D eigenvalue weighted by Crippen LogP contribution is 2.21. The largest absolute Gasteiger partial charge is 0.374 e. The summed E-state index contributed by atoms with van der Waals surface area (Å²) < 4.78 is 0.873. The van der Waals surface area contributed by atoms with Gasteiger partial charge in [0, 0.05) is 23.4 Å². The summed E-state index contributed by atoms with van der Waals surface area (Å²) in [5.74, 6) is -0.0481. The van der Waals surface area contributed by atoms with E-state index in [9.17, 15) is 4.79 Å². The second-order valence-electron chi connectivity index (χ2n) is 5.32. The number of rotatable bonds is 6. The molecule has 2 aromatic heterocycles. The summed E-state index contributed by atoms with van der Waals surface area (Å²) in [5.41, 5.74) is 3.53. The zero-order chi connectivity index (χ0) is 16.8. The Kier molecular flexibility index (Phi) is 5.38. The molecule has 0 radical (unpaired) electrons. The van der Waals surface area contributed by atoms with Crippen molar-refractivity contribution >= 4 is 38.6 Å². The Morgan fingerprint density at radius 1 is 1.12 bits per heavy atom. The van der Waals surface area contributed by atoms with Crippen molar-refractivity contribution in [3.05, 3.63) is 64.9 Å². The van der Waals surface area contributed by atoms with Crippen LogP contribution >= 0.6 is 15.9 Å². The number of benzene rings is 1. The molecule has 3 rings (SSSR count). The van der Waals surface area contributed by atoms with Crippen molar-refractivity contribution in [2.45, 2.75) is 6.42 Å². The Morgan fingerprint density at radius 3 is 2.79 bits per heavy atom. The molecule has 2 heterocycles. The second kappa shape index (κ2) is 7.88. The van der Waals surface area contributed by atoms with E-state index in [0.29, 0.717) is 6.54 Å². The van der Waals surface area contributed by atoms with Crippen molar-refractivity contribution in [3.63, 3.8) is 0 Å². The van der Waals surface area contributed by atoms with Crippen LogP contribution in [0.25, 0.3) is 11.0 Å². The quantitative estimate of drug-likeness (QED) is 0.684. The molecule has 122 valence electrons. The van der Waals surface area contributed by atoms with E-state index in [1.165, 1.54) is 5.56 Å². The van der Waals surface area contributed by atoms with Crippen molar-refractivity contribution in [3.8, 4) is 0 Å². The molecule has 24 heavy (non-hydrogen) atoms. The topological polar surface area (TPSA) is 66.9 Å². The summed E-state index contributed by atoms with van der Waals surface area (Å²) in [6, 6.07) is 13.8. The lowest BCUT2D eigenvalue weighted by Gasteiger charge is -2.09. The zero-order valence-electron chi connectivity index (χ0n) is 13.0. The standard InChI is InChI=1S/C18H17BrN4O/c19-14-10-16-18(23-11-14)15(7-9-20-16)22-12-17(24)21-8-6-13-4-2-1-3-5-13/h1-5,7,9-11H,6,8,12H2,(H,20,22)(H,21,24). The number of anilines is 1. The minimum Gasteiger partial charge on any atom is -0.374 e. The van der Waals surface area contributed by atoms with E-state index in [0.717, 1.165) is 27.6 Å². The number of fused-ring (bicyclic) bond motifs is 1. The number of halogens is 1. The average molecular weight is 385 g/mol. The number of hydrogen-bond donors (Lipinski definition) is 2. The van der Waals surface area contributed by atoms with Gasteiger partial charge in [0.25, 0.3) is 0 Å². The molecule has 0 saturated heterocycles. The van der Waals surface area contributed by atoms with Crippen LogP contribution in [0.4, 0.5) is 5.69 Å². The number of aromatic nitrogens is 2. The maximum Gasteiger partial charge on any atom is 0.239 e. The first-order chi connectivity index (χ1) is 11.7. The molecule has 0 aliphatic carbocycles. The van der Waals surface area contributed by atoms with Crippen LogP contribution in [0.3, 0.4) is 0 Å². The van der Waals surface area contributed by atoms with Crippen molar-refractivity contribution in [2.24, 2.45) is 0 Å². The van der Waals surface area contributed by atoms with Gasteiger partial charge < -0.3 is 10.6 Å². The molecule has 1 aromatic carbocycles. The summed E-state index contributed by atoms with van der Waals surface area (Å²) in [7, 11) is 0. The van der Waals surface area contributed by atoms with Crippen LogP contribution in [0, 0.1) is 0 Å². The van der Waals surface area contributed by atoms with Gasteiger partial charge in [0.2, 0.25) is 5.91 Å². The van der Waals surface area contributed by atoms with E-state index in [1.807, 2.05) is 30.3 Å². The van der Waals surface area contributed by atoms with Crippen molar-refractivity contribution in [1.29, 1.82) is 0 Å². The third-order valence-electron chi connectivity index (χ3n) is 3.56. The predicted octanol–water partition coefficient (Wildman–Crippen LogP) is 3.16. The van der Waals surface area contributed by atoms with E-state index < -0.39 is 0 Å². The Morgan fingerprint density at radius 2 is 1.96 bits per heavy atom. The number of pyridine rings is 2. The Hall–Kier alpha value is -2.47. The summed E-state index contributed by atoms with van der Waals surface area (Å²) in [5, 5.41) is 6.04. The van der Waals surface area contributed by atoms with E-state index in [2.05, 4.69) is 48.7 Å². The van der Waals surface area contributed by atoms with Crippen LogP contribution < -0.4 is 10.6 Å². The molecule has 1 amide bonds. The smallest absolute Gasteiger partial charge is 0.239 e. The number of nitrogens with zero attached hydrogens (tertiary/aromatic N) is 2. The minimum atomic E-state index is -0.0481. The van der Waals surface area contributed by atoms with Crippen molar-refractivity contribution in [2.75, 3.05) is 18.4 Å². The molecular weight excluding hydrogens is 368 g/mol. The maximum atomic E-state index is 12.0. The summed E-state index contributed by atoms with van der Waals surface area (Å²) in [4.78, 5) is 20.6. The van der Waals surface area contributed by atoms with Crippen molar-refractivity contribution < 1.29 is 4.79 Å². The summed E-state index contributed by atoms with van der Waals surface area (Å²) in [6.07, 6.45) is 4.24. The number of amides is 1. The predicted molar refractivity (Wildman–Crippen MR) is 98.9 cm³/mol. The first-order valence-corrected chi connectivity index (χ1v) is 8.46. The lowest BCUT2D eigenvalue weighted by molar-refractivity contribution is -0.119. The lowest BCUT2D eigenvalue weighted by atomic mass is 10.1. The van der Waals surface area contributed by atoms with Crippen LogP contribution in [0.2, 0.25) is 0 Å². The third-order valence-corrected chi connectivity index (χ3v) is 4.00. The Labute approximate surface area is 148 Å². The van der Waals surface area contributed by atoms with Gasteiger partial charge in [-0.1, -0.05) is 30.3 Å². The van der Waals surface area contributed by atoms with Crippen LogP contribution in [0.15, 0.2) is 59.3 Å². The molecule has 0 atom stereocenters. The SMILES string of the molecule is O=C(CNc1ccnc2cc(Br)cnc12)NCCc1ccccc1. The maximum absolute atomic E-state index is 12.0. The Balaban J connectivity index is 1.53. The van der Waals surface area contributed by atoms with Gasteiger partial charge in [0.05, 0.1) is 17.7 Å². The monoisotopic (exact) mass is 384 g/mol. The number of hydrogen-bond acceptors (Lipinski definition) is 4. The van der Waals surface area contributed by atoms with Crippen LogP contribution in [-0.2, 0) is 11.2 Å². The van der Waals surface area contributed by atoms with E-state index in [-0.39, 0.29) is 12.5 Å². The zero-order valence-corrected chi connectivity index (χ0v) is 14.6. The van der Waals surface area contributed by atoms with Crippen LogP contribution in [-0.4, -0.2) is 29.0 Å². The molecule has 0 unspecified atom stereocenters. The molecule has 3 aromatic rings. The van der Waals surface area contributed by atoms with Gasteiger partial charge in [0.1, 0.15) is 5.52 Å². The highest BCUT2D eigenvalue weighted by Gasteiger charge is 2.06. The van der Waals surface area contributed by atoms with Gasteiger partial charge in [-0.2, -0.15) is 0 Å². The minimum absolute atomic E-state index is 0.0481. The number of nitrogens with one attached hydrogen (secondary N) is 2. The normalized spacial score (nSPS) is 10.5. The fourth-order valence-corrected chi connectivity index (χ4v) is 2.70. The molecule has 0 aliphatic heterocycles. The van der Waals surface area contributed by atoms with Gasteiger partial charge in [-0.15, -0.1) is 0 Å². The molecule has 2 N–H and O–H groups in total. The first-order valence-electron chi connectivity index (χ1n) is 7.67. The molecule has 0 aliphatic rings. The summed E-state index contributed by atoms with van der Waals surface area (Å²) >= 11 is 3.38. The van der Waals surface area contributed by atoms with Gasteiger partial charge in [0.15, 0.2) is 0 Å². The van der Waals surface area contributed by atoms with Gasteiger partial charge >= 0.3 is 0 Å². The molecule has 0 fully saturated rings.